The zero-order valence-electron chi connectivity index (χ0n) is 14.9. The fraction of sp³-hybridized carbons (Fsp3) is 0.130. The van der Waals surface area contributed by atoms with Crippen LogP contribution in [0.1, 0.15) is 11.1 Å². The standard InChI is InChI=1S/C23H22N2/c1-5-25(4)19-12-15(3)20-18(13-19)11-10-16-8-9-17-7-6-14(2)23(24)22(17)21(16)20/h5-13H,1,24H2,2-4H3. The minimum atomic E-state index is 0.877. The van der Waals surface area contributed by atoms with Gasteiger partial charge in [0, 0.05) is 23.8 Å². The van der Waals surface area contributed by atoms with Gasteiger partial charge in [0.05, 0.1) is 0 Å². The fourth-order valence-electron chi connectivity index (χ4n) is 3.73. The fourth-order valence-corrected chi connectivity index (χ4v) is 3.73. The van der Waals surface area contributed by atoms with E-state index in [1.165, 1.54) is 32.5 Å². The second kappa shape index (κ2) is 5.52. The van der Waals surface area contributed by atoms with Crippen LogP contribution < -0.4 is 10.6 Å². The number of rotatable bonds is 2. The van der Waals surface area contributed by atoms with Crippen LogP contribution in [0.3, 0.4) is 0 Å². The molecule has 0 unspecified atom stereocenters. The molecule has 0 aliphatic rings. The summed E-state index contributed by atoms with van der Waals surface area (Å²) < 4.78 is 0. The van der Waals surface area contributed by atoms with Gasteiger partial charge >= 0.3 is 0 Å². The van der Waals surface area contributed by atoms with Crippen LogP contribution >= 0.6 is 0 Å². The molecule has 124 valence electrons. The molecule has 25 heavy (non-hydrogen) atoms. The first kappa shape index (κ1) is 15.5. The Morgan fingerprint density at radius 2 is 1.40 bits per heavy atom. The van der Waals surface area contributed by atoms with E-state index in [4.69, 9.17) is 5.73 Å². The highest BCUT2D eigenvalue weighted by Gasteiger charge is 2.12. The van der Waals surface area contributed by atoms with Gasteiger partial charge in [0.15, 0.2) is 0 Å². The van der Waals surface area contributed by atoms with Gasteiger partial charge in [-0.1, -0.05) is 43.0 Å². The molecule has 0 amide bonds. The van der Waals surface area contributed by atoms with Gasteiger partial charge < -0.3 is 10.6 Å². The third kappa shape index (κ3) is 2.25. The molecule has 0 aliphatic heterocycles. The zero-order valence-corrected chi connectivity index (χ0v) is 14.9. The van der Waals surface area contributed by atoms with Crippen molar-refractivity contribution < 1.29 is 0 Å². The van der Waals surface area contributed by atoms with Crippen molar-refractivity contribution >= 4 is 43.7 Å². The predicted octanol–water partition coefficient (Wildman–Crippen LogP) is 5.92. The quantitative estimate of drug-likeness (QED) is 0.366. The monoisotopic (exact) mass is 326 g/mol. The third-order valence-electron chi connectivity index (χ3n) is 5.20. The van der Waals surface area contributed by atoms with Crippen LogP contribution in [0.15, 0.2) is 61.3 Å². The maximum absolute atomic E-state index is 6.50. The molecule has 0 spiro atoms. The summed E-state index contributed by atoms with van der Waals surface area (Å²) in [6.07, 6.45) is 1.83. The first-order valence-electron chi connectivity index (χ1n) is 8.51. The van der Waals surface area contributed by atoms with Crippen molar-refractivity contribution in [3.63, 3.8) is 0 Å². The SMILES string of the molecule is C=CN(C)c1cc(C)c2c(ccc3ccc4ccc(C)c(N)c4c32)c1. The van der Waals surface area contributed by atoms with Crippen LogP contribution in [-0.2, 0) is 0 Å². The van der Waals surface area contributed by atoms with Crippen molar-refractivity contribution in [1.82, 2.24) is 0 Å². The van der Waals surface area contributed by atoms with Gasteiger partial charge in [0.2, 0.25) is 0 Å². The van der Waals surface area contributed by atoms with Gasteiger partial charge in [-0.05, 0) is 70.2 Å². The van der Waals surface area contributed by atoms with E-state index in [1.807, 2.05) is 18.1 Å². The summed E-state index contributed by atoms with van der Waals surface area (Å²) >= 11 is 0. The van der Waals surface area contributed by atoms with Crippen LogP contribution in [0.4, 0.5) is 11.4 Å². The van der Waals surface area contributed by atoms with Gasteiger partial charge in [0.1, 0.15) is 0 Å². The zero-order chi connectivity index (χ0) is 17.7. The van der Waals surface area contributed by atoms with E-state index >= 15 is 0 Å². The molecular formula is C23H22N2. The smallest absolute Gasteiger partial charge is 0.0429 e. The lowest BCUT2D eigenvalue weighted by Crippen LogP contribution is -2.07. The van der Waals surface area contributed by atoms with E-state index in [-0.39, 0.29) is 0 Å². The topological polar surface area (TPSA) is 29.3 Å². The van der Waals surface area contributed by atoms with Crippen molar-refractivity contribution in [2.24, 2.45) is 0 Å². The molecule has 0 aromatic heterocycles. The molecule has 4 aromatic rings. The summed E-state index contributed by atoms with van der Waals surface area (Å²) in [5, 5.41) is 7.34. The van der Waals surface area contributed by atoms with Crippen LogP contribution in [0.2, 0.25) is 0 Å². The van der Waals surface area contributed by atoms with Crippen LogP contribution in [0.5, 0.6) is 0 Å². The summed E-state index contributed by atoms with van der Waals surface area (Å²) in [5.74, 6) is 0. The summed E-state index contributed by atoms with van der Waals surface area (Å²) in [4.78, 5) is 2.04. The maximum Gasteiger partial charge on any atom is 0.0429 e. The first-order chi connectivity index (χ1) is 12.0. The van der Waals surface area contributed by atoms with Crippen LogP contribution in [0, 0.1) is 13.8 Å². The van der Waals surface area contributed by atoms with E-state index in [1.54, 1.807) is 0 Å². The third-order valence-corrected chi connectivity index (χ3v) is 5.20. The molecule has 0 saturated heterocycles. The van der Waals surface area contributed by atoms with E-state index < -0.39 is 0 Å². The lowest BCUT2D eigenvalue weighted by Gasteiger charge is -2.18. The number of fused-ring (bicyclic) bond motifs is 5. The lowest BCUT2D eigenvalue weighted by molar-refractivity contribution is 1.21. The highest BCUT2D eigenvalue weighted by atomic mass is 15.1. The highest BCUT2D eigenvalue weighted by molar-refractivity contribution is 6.24. The number of anilines is 2. The van der Waals surface area contributed by atoms with Crippen LogP contribution in [-0.4, -0.2) is 7.05 Å². The van der Waals surface area contributed by atoms with E-state index in [0.29, 0.717) is 0 Å². The molecule has 0 bridgehead atoms. The van der Waals surface area contributed by atoms with E-state index in [9.17, 15) is 0 Å². The molecule has 0 heterocycles. The Labute approximate surface area is 148 Å². The Balaban J connectivity index is 2.24. The first-order valence-corrected chi connectivity index (χ1v) is 8.51. The van der Waals surface area contributed by atoms with Gasteiger partial charge in [0.25, 0.3) is 0 Å². The highest BCUT2D eigenvalue weighted by Crippen LogP contribution is 2.39. The van der Waals surface area contributed by atoms with Gasteiger partial charge in [-0.3, -0.25) is 0 Å². The number of aryl methyl sites for hydroxylation is 2. The van der Waals surface area contributed by atoms with Crippen molar-refractivity contribution in [3.05, 3.63) is 72.4 Å². The largest absolute Gasteiger partial charge is 0.398 e. The number of benzene rings is 4. The maximum atomic E-state index is 6.50. The Hall–Kier alpha value is -3.00. The minimum Gasteiger partial charge on any atom is -0.398 e. The van der Waals surface area contributed by atoms with E-state index in [2.05, 4.69) is 69.0 Å². The molecule has 2 heteroatoms. The van der Waals surface area contributed by atoms with E-state index in [0.717, 1.165) is 22.3 Å². The second-order valence-electron chi connectivity index (χ2n) is 6.78. The molecule has 0 saturated carbocycles. The molecule has 4 rings (SSSR count). The average Bonchev–Trinajstić information content (AvgIpc) is 2.62. The van der Waals surface area contributed by atoms with Crippen molar-refractivity contribution in [1.29, 1.82) is 0 Å². The molecule has 0 atom stereocenters. The van der Waals surface area contributed by atoms with Crippen molar-refractivity contribution in [2.45, 2.75) is 13.8 Å². The summed E-state index contributed by atoms with van der Waals surface area (Å²) in [7, 11) is 2.02. The summed E-state index contributed by atoms with van der Waals surface area (Å²) in [5.41, 5.74) is 10.9. The number of hydrogen-bond donors (Lipinski definition) is 1. The molecular weight excluding hydrogens is 304 g/mol. The van der Waals surface area contributed by atoms with Crippen LogP contribution in [0.25, 0.3) is 32.3 Å². The summed E-state index contributed by atoms with van der Waals surface area (Å²) in [6.45, 7) is 8.11. The molecule has 0 radical (unpaired) electrons. The van der Waals surface area contributed by atoms with Crippen molar-refractivity contribution in [2.75, 3.05) is 17.7 Å². The Bertz CT molecular complexity index is 1160. The number of nitrogens with two attached hydrogens (primary N) is 1. The van der Waals surface area contributed by atoms with Gasteiger partial charge in [-0.25, -0.2) is 0 Å². The number of hydrogen-bond acceptors (Lipinski definition) is 2. The average molecular weight is 326 g/mol. The van der Waals surface area contributed by atoms with Crippen molar-refractivity contribution in [3.8, 4) is 0 Å². The van der Waals surface area contributed by atoms with Gasteiger partial charge in [-0.15, -0.1) is 0 Å². The molecule has 0 fully saturated rings. The Morgan fingerprint density at radius 3 is 2.08 bits per heavy atom. The number of nitrogen functional groups attached to an aromatic ring is 1. The number of nitrogens with zero attached hydrogens (tertiary/aromatic N) is 1. The second-order valence-corrected chi connectivity index (χ2v) is 6.78. The lowest BCUT2D eigenvalue weighted by atomic mass is 9.92. The normalized spacial score (nSPS) is 11.3. The summed E-state index contributed by atoms with van der Waals surface area (Å²) in [6, 6.07) is 17.4. The molecule has 4 aromatic carbocycles. The van der Waals surface area contributed by atoms with Gasteiger partial charge in [-0.2, -0.15) is 0 Å². The molecule has 2 nitrogen and oxygen atoms in total. The molecule has 0 aliphatic carbocycles. The molecule has 2 N–H and O–H groups in total. The minimum absolute atomic E-state index is 0.877. The Morgan fingerprint density at radius 1 is 0.800 bits per heavy atom. The Kier molecular flexibility index (Phi) is 3.43. The predicted molar refractivity (Wildman–Crippen MR) is 111 cm³/mol.